The van der Waals surface area contributed by atoms with Gasteiger partial charge in [0.05, 0.1) is 4.92 Å². The first-order chi connectivity index (χ1) is 8.65. The molecule has 1 rings (SSSR count). The van der Waals surface area contributed by atoms with Crippen molar-refractivity contribution in [3.63, 3.8) is 0 Å². The van der Waals surface area contributed by atoms with Crippen LogP contribution in [-0.4, -0.2) is 28.2 Å². The number of hydrogen-bond acceptors (Lipinski definition) is 5. The molecule has 0 aliphatic carbocycles. The minimum atomic E-state index is -0.489. The highest BCUT2D eigenvalue weighted by atomic mass is 35.5. The number of hydrogen-bond donors (Lipinski definition) is 2. The van der Waals surface area contributed by atoms with Crippen LogP contribution in [0, 0.1) is 10.1 Å². The van der Waals surface area contributed by atoms with Gasteiger partial charge in [-0.1, -0.05) is 24.4 Å². The molecule has 2 N–H and O–H groups in total. The maximum Gasteiger partial charge on any atom is 0.311 e. The Morgan fingerprint density at radius 2 is 2.06 bits per heavy atom. The summed E-state index contributed by atoms with van der Waals surface area (Å²) in [5.74, 6) is 0.203. The van der Waals surface area contributed by atoms with Crippen molar-refractivity contribution in [2.24, 2.45) is 0 Å². The fraction of sp³-hybridized carbons (Fsp3) is 0.545. The van der Waals surface area contributed by atoms with Gasteiger partial charge in [0, 0.05) is 19.2 Å². The van der Waals surface area contributed by atoms with Crippen molar-refractivity contribution in [2.45, 2.75) is 25.7 Å². The van der Waals surface area contributed by atoms with Crippen LogP contribution in [0.4, 0.5) is 11.5 Å². The Hall–Kier alpha value is -1.40. The molecule has 0 unspecified atom stereocenters. The third-order valence-corrected chi connectivity index (χ3v) is 2.62. The van der Waals surface area contributed by atoms with Gasteiger partial charge in [0.25, 0.3) is 0 Å². The summed E-state index contributed by atoms with van der Waals surface area (Å²) in [6.07, 6.45) is 3.56. The second-order valence-electron chi connectivity index (χ2n) is 3.82. The molecule has 1 aromatic heterocycles. The van der Waals surface area contributed by atoms with Gasteiger partial charge in [0.2, 0.25) is 5.82 Å². The van der Waals surface area contributed by atoms with E-state index < -0.39 is 4.92 Å². The predicted molar refractivity (Wildman–Crippen MR) is 69.9 cm³/mol. The van der Waals surface area contributed by atoms with Gasteiger partial charge >= 0.3 is 5.69 Å². The standard InChI is InChI=1S/C11H16ClN3O3/c12-10-6-5-9(15(17)18)11(14-10)13-7-3-1-2-4-8-16/h5-6,16H,1-4,7-8H2,(H,13,14). The summed E-state index contributed by atoms with van der Waals surface area (Å²) in [6, 6.07) is 2.73. The maximum atomic E-state index is 10.8. The lowest BCUT2D eigenvalue weighted by atomic mass is 10.2. The summed E-state index contributed by atoms with van der Waals surface area (Å²) >= 11 is 5.70. The summed E-state index contributed by atoms with van der Waals surface area (Å²) in [4.78, 5) is 14.2. The molecule has 0 fully saturated rings. The Labute approximate surface area is 110 Å². The van der Waals surface area contributed by atoms with Crippen LogP contribution in [0.25, 0.3) is 0 Å². The minimum absolute atomic E-state index is 0.0743. The number of rotatable bonds is 8. The number of aliphatic hydroxyl groups is 1. The zero-order chi connectivity index (χ0) is 13.4. The van der Waals surface area contributed by atoms with Gasteiger partial charge in [0.1, 0.15) is 5.15 Å². The fourth-order valence-corrected chi connectivity index (χ4v) is 1.65. The van der Waals surface area contributed by atoms with Crippen molar-refractivity contribution >= 4 is 23.1 Å². The van der Waals surface area contributed by atoms with Crippen LogP contribution < -0.4 is 5.32 Å². The quantitative estimate of drug-likeness (QED) is 0.329. The first-order valence-electron chi connectivity index (χ1n) is 5.81. The molecule has 0 spiro atoms. The second kappa shape index (κ2) is 7.84. The van der Waals surface area contributed by atoms with Gasteiger partial charge < -0.3 is 10.4 Å². The van der Waals surface area contributed by atoms with Gasteiger partial charge in [-0.25, -0.2) is 4.98 Å². The molecule has 0 radical (unpaired) electrons. The summed E-state index contributed by atoms with van der Waals surface area (Å²) in [7, 11) is 0. The van der Waals surface area contributed by atoms with Gasteiger partial charge in [-0.3, -0.25) is 10.1 Å². The number of halogens is 1. The second-order valence-corrected chi connectivity index (χ2v) is 4.21. The van der Waals surface area contributed by atoms with E-state index in [1.807, 2.05) is 0 Å². The van der Waals surface area contributed by atoms with Gasteiger partial charge in [-0.05, 0) is 18.9 Å². The van der Waals surface area contributed by atoms with E-state index in [0.717, 1.165) is 25.7 Å². The molecule has 0 saturated heterocycles. The average Bonchev–Trinajstić information content (AvgIpc) is 2.33. The largest absolute Gasteiger partial charge is 0.396 e. The smallest absolute Gasteiger partial charge is 0.311 e. The molecule has 0 aromatic carbocycles. The molecule has 100 valence electrons. The summed E-state index contributed by atoms with van der Waals surface area (Å²) in [5, 5.41) is 22.5. The van der Waals surface area contributed by atoms with Crippen LogP contribution >= 0.6 is 11.6 Å². The first kappa shape index (κ1) is 14.7. The summed E-state index contributed by atoms with van der Waals surface area (Å²) in [5.41, 5.74) is -0.0743. The number of nitrogens with one attached hydrogen (secondary N) is 1. The molecular weight excluding hydrogens is 258 g/mol. The van der Waals surface area contributed by atoms with Crippen molar-refractivity contribution in [3.05, 3.63) is 27.4 Å². The predicted octanol–water partition coefficient (Wildman–Crippen LogP) is 2.61. The minimum Gasteiger partial charge on any atom is -0.396 e. The SMILES string of the molecule is O=[N+]([O-])c1ccc(Cl)nc1NCCCCCCO. The Morgan fingerprint density at radius 3 is 2.72 bits per heavy atom. The zero-order valence-electron chi connectivity index (χ0n) is 9.93. The molecule has 0 saturated carbocycles. The van der Waals surface area contributed by atoms with E-state index in [2.05, 4.69) is 10.3 Å². The van der Waals surface area contributed by atoms with Crippen molar-refractivity contribution < 1.29 is 10.0 Å². The van der Waals surface area contributed by atoms with Crippen LogP contribution in [0.5, 0.6) is 0 Å². The van der Waals surface area contributed by atoms with Gasteiger partial charge in [-0.2, -0.15) is 0 Å². The fourth-order valence-electron chi connectivity index (χ4n) is 1.50. The molecule has 0 amide bonds. The normalized spacial score (nSPS) is 10.3. The van der Waals surface area contributed by atoms with Crippen LogP contribution in [-0.2, 0) is 0 Å². The van der Waals surface area contributed by atoms with E-state index in [0.29, 0.717) is 6.54 Å². The number of pyridine rings is 1. The van der Waals surface area contributed by atoms with Gasteiger partial charge in [-0.15, -0.1) is 0 Å². The lowest BCUT2D eigenvalue weighted by Crippen LogP contribution is -2.06. The van der Waals surface area contributed by atoms with Crippen molar-refractivity contribution in [1.29, 1.82) is 0 Å². The highest BCUT2D eigenvalue weighted by Gasteiger charge is 2.14. The number of anilines is 1. The van der Waals surface area contributed by atoms with Crippen LogP contribution in [0.2, 0.25) is 5.15 Å². The van der Waals surface area contributed by atoms with E-state index in [4.69, 9.17) is 16.7 Å². The average molecular weight is 274 g/mol. The molecule has 0 aliphatic rings. The molecule has 6 nitrogen and oxygen atoms in total. The van der Waals surface area contributed by atoms with Gasteiger partial charge in [0.15, 0.2) is 0 Å². The molecule has 18 heavy (non-hydrogen) atoms. The summed E-state index contributed by atoms with van der Waals surface area (Å²) in [6.45, 7) is 0.800. The number of aromatic nitrogens is 1. The number of nitrogens with zero attached hydrogens (tertiary/aromatic N) is 2. The third-order valence-electron chi connectivity index (χ3n) is 2.41. The lowest BCUT2D eigenvalue weighted by molar-refractivity contribution is -0.384. The maximum absolute atomic E-state index is 10.8. The number of nitro groups is 1. The topological polar surface area (TPSA) is 88.3 Å². The Kier molecular flexibility index (Phi) is 6.38. The molecular formula is C11H16ClN3O3. The van der Waals surface area contributed by atoms with E-state index in [9.17, 15) is 10.1 Å². The summed E-state index contributed by atoms with van der Waals surface area (Å²) < 4.78 is 0. The van der Waals surface area contributed by atoms with Crippen molar-refractivity contribution in [2.75, 3.05) is 18.5 Å². The zero-order valence-corrected chi connectivity index (χ0v) is 10.7. The molecule has 0 bridgehead atoms. The molecule has 0 atom stereocenters. The van der Waals surface area contributed by atoms with E-state index in [-0.39, 0.29) is 23.3 Å². The number of unbranched alkanes of at least 4 members (excludes halogenated alkanes) is 3. The molecule has 0 aliphatic heterocycles. The van der Waals surface area contributed by atoms with E-state index in [1.54, 1.807) is 0 Å². The molecule has 1 heterocycles. The first-order valence-corrected chi connectivity index (χ1v) is 6.18. The van der Waals surface area contributed by atoms with E-state index >= 15 is 0 Å². The lowest BCUT2D eigenvalue weighted by Gasteiger charge is -2.06. The Bertz CT molecular complexity index is 401. The highest BCUT2D eigenvalue weighted by molar-refractivity contribution is 6.29. The molecule has 1 aromatic rings. The Morgan fingerprint density at radius 1 is 1.33 bits per heavy atom. The van der Waals surface area contributed by atoms with Crippen molar-refractivity contribution in [1.82, 2.24) is 4.98 Å². The monoisotopic (exact) mass is 273 g/mol. The third kappa shape index (κ3) is 4.85. The van der Waals surface area contributed by atoms with Crippen LogP contribution in [0.15, 0.2) is 12.1 Å². The Balaban J connectivity index is 2.45. The van der Waals surface area contributed by atoms with Crippen LogP contribution in [0.1, 0.15) is 25.7 Å². The number of aliphatic hydroxyl groups excluding tert-OH is 1. The highest BCUT2D eigenvalue weighted by Crippen LogP contribution is 2.23. The van der Waals surface area contributed by atoms with E-state index in [1.165, 1.54) is 12.1 Å². The van der Waals surface area contributed by atoms with Crippen LogP contribution in [0.3, 0.4) is 0 Å². The van der Waals surface area contributed by atoms with Crippen molar-refractivity contribution in [3.8, 4) is 0 Å². The molecule has 7 heteroatoms.